The fourth-order valence-electron chi connectivity index (χ4n) is 5.25. The van der Waals surface area contributed by atoms with E-state index < -0.39 is 0 Å². The van der Waals surface area contributed by atoms with Crippen LogP contribution >= 0.6 is 0 Å². The van der Waals surface area contributed by atoms with Gasteiger partial charge in [0.2, 0.25) is 11.8 Å². The van der Waals surface area contributed by atoms with E-state index in [1.54, 1.807) is 12.1 Å². The van der Waals surface area contributed by atoms with Crippen molar-refractivity contribution in [1.29, 1.82) is 0 Å². The van der Waals surface area contributed by atoms with E-state index in [1.165, 1.54) is 11.0 Å². The Bertz CT molecular complexity index is 855. The number of piperazine rings is 1. The van der Waals surface area contributed by atoms with Gasteiger partial charge in [0.25, 0.3) is 0 Å². The number of fused-ring (bicyclic) bond motifs is 1. The van der Waals surface area contributed by atoms with Gasteiger partial charge < -0.3 is 15.1 Å². The summed E-state index contributed by atoms with van der Waals surface area (Å²) in [6.07, 6.45) is 4.65. The predicted molar refractivity (Wildman–Crippen MR) is 120 cm³/mol. The van der Waals surface area contributed by atoms with Gasteiger partial charge in [0, 0.05) is 44.7 Å². The average Bonchev–Trinajstić information content (AvgIpc) is 2.81. The third kappa shape index (κ3) is 4.59. The lowest BCUT2D eigenvalue weighted by atomic mass is 9.76. The molecule has 2 aliphatic heterocycles. The van der Waals surface area contributed by atoms with Crippen LogP contribution in [0, 0.1) is 17.7 Å². The molecular weight excluding hydrogens is 411 g/mol. The lowest BCUT2D eigenvalue weighted by molar-refractivity contribution is -0.142. The number of rotatable bonds is 6. The van der Waals surface area contributed by atoms with Crippen LogP contribution < -0.4 is 10.2 Å². The normalized spacial score (nSPS) is 26.1. The van der Waals surface area contributed by atoms with Crippen LogP contribution in [0.25, 0.3) is 0 Å². The molecule has 3 atom stereocenters. The predicted octanol–water partition coefficient (Wildman–Crippen LogP) is 3.00. The van der Waals surface area contributed by atoms with Crippen LogP contribution in [0.5, 0.6) is 0 Å². The molecule has 174 valence electrons. The van der Waals surface area contributed by atoms with E-state index >= 15 is 0 Å². The van der Waals surface area contributed by atoms with Crippen molar-refractivity contribution >= 4 is 23.5 Å². The molecule has 3 fully saturated rings. The smallest absolute Gasteiger partial charge is 0.324 e. The highest BCUT2D eigenvalue weighted by atomic mass is 19.1. The molecule has 1 aromatic carbocycles. The minimum atomic E-state index is -0.320. The van der Waals surface area contributed by atoms with Crippen molar-refractivity contribution in [3.8, 4) is 0 Å². The molecule has 0 spiro atoms. The van der Waals surface area contributed by atoms with Gasteiger partial charge in [0.1, 0.15) is 5.82 Å². The Balaban J connectivity index is 1.31. The fraction of sp³-hybridized carbons (Fsp3) is 0.625. The van der Waals surface area contributed by atoms with Crippen molar-refractivity contribution in [2.75, 3.05) is 37.6 Å². The van der Waals surface area contributed by atoms with Crippen LogP contribution in [-0.2, 0) is 9.59 Å². The van der Waals surface area contributed by atoms with E-state index in [0.717, 1.165) is 19.3 Å². The first-order chi connectivity index (χ1) is 15.5. The first-order valence-corrected chi connectivity index (χ1v) is 11.9. The van der Waals surface area contributed by atoms with Gasteiger partial charge in [-0.25, -0.2) is 9.18 Å². The fourth-order valence-corrected chi connectivity index (χ4v) is 5.25. The molecule has 3 unspecified atom stereocenters. The SMILES string of the molecule is CCCCCN1C(=O)NC2CC(C(=O)N3CCN(c4ccccc4F)CC3)CCC2C1=O. The number of urea groups is 1. The van der Waals surface area contributed by atoms with E-state index in [2.05, 4.69) is 12.2 Å². The molecule has 4 amide bonds. The summed E-state index contributed by atoms with van der Waals surface area (Å²) in [6.45, 7) is 4.84. The van der Waals surface area contributed by atoms with Crippen LogP contribution in [0.3, 0.4) is 0 Å². The van der Waals surface area contributed by atoms with E-state index in [0.29, 0.717) is 57.7 Å². The van der Waals surface area contributed by atoms with Crippen molar-refractivity contribution in [2.45, 2.75) is 51.5 Å². The zero-order valence-electron chi connectivity index (χ0n) is 18.8. The second-order valence-corrected chi connectivity index (χ2v) is 9.13. The number of nitrogens with one attached hydrogen (secondary N) is 1. The van der Waals surface area contributed by atoms with Crippen LogP contribution in [0.15, 0.2) is 24.3 Å². The molecular formula is C24H33FN4O3. The number of benzene rings is 1. The standard InChI is InChI=1S/C24H33FN4O3/c1-2-3-6-11-29-23(31)18-10-9-17(16-20(18)26-24(29)32)22(30)28-14-12-27(13-15-28)21-8-5-4-7-19(21)25/h4-5,7-8,17-18,20H,2-3,6,9-16H2,1H3,(H,26,32). The van der Waals surface area contributed by atoms with Crippen molar-refractivity contribution in [2.24, 2.45) is 11.8 Å². The third-order valence-electron chi connectivity index (χ3n) is 7.11. The molecule has 4 rings (SSSR count). The Kier molecular flexibility index (Phi) is 6.96. The lowest BCUT2D eigenvalue weighted by Gasteiger charge is -2.43. The van der Waals surface area contributed by atoms with E-state index in [-0.39, 0.29) is 41.5 Å². The Hall–Kier alpha value is -2.64. The van der Waals surface area contributed by atoms with Crippen molar-refractivity contribution in [3.05, 3.63) is 30.1 Å². The van der Waals surface area contributed by atoms with Crippen LogP contribution in [0.1, 0.15) is 45.4 Å². The largest absolute Gasteiger partial charge is 0.366 e. The maximum atomic E-state index is 14.1. The summed E-state index contributed by atoms with van der Waals surface area (Å²) < 4.78 is 14.1. The molecule has 0 radical (unpaired) electrons. The molecule has 0 bridgehead atoms. The second-order valence-electron chi connectivity index (χ2n) is 9.13. The molecule has 1 saturated carbocycles. The van der Waals surface area contributed by atoms with E-state index in [4.69, 9.17) is 0 Å². The van der Waals surface area contributed by atoms with Gasteiger partial charge in [-0.05, 0) is 37.8 Å². The number of hydrogen-bond donors (Lipinski definition) is 1. The number of para-hydroxylation sites is 1. The number of imide groups is 1. The minimum Gasteiger partial charge on any atom is -0.366 e. The first-order valence-electron chi connectivity index (χ1n) is 11.9. The maximum absolute atomic E-state index is 14.1. The molecule has 7 nitrogen and oxygen atoms in total. The van der Waals surface area contributed by atoms with Crippen LogP contribution in [-0.4, -0.2) is 66.4 Å². The zero-order chi connectivity index (χ0) is 22.7. The number of amides is 4. The van der Waals surface area contributed by atoms with Crippen LogP contribution in [0.4, 0.5) is 14.9 Å². The number of carbonyl (C=O) groups is 3. The molecule has 1 aliphatic carbocycles. The third-order valence-corrected chi connectivity index (χ3v) is 7.11. The van der Waals surface area contributed by atoms with Gasteiger partial charge in [-0.2, -0.15) is 0 Å². The monoisotopic (exact) mass is 444 g/mol. The molecule has 8 heteroatoms. The lowest BCUT2D eigenvalue weighted by Crippen LogP contribution is -2.62. The van der Waals surface area contributed by atoms with Crippen LogP contribution in [0.2, 0.25) is 0 Å². The molecule has 2 saturated heterocycles. The number of carbonyl (C=O) groups excluding carboxylic acids is 3. The Morgan fingerprint density at radius 1 is 1.09 bits per heavy atom. The molecule has 2 heterocycles. The molecule has 32 heavy (non-hydrogen) atoms. The molecule has 0 aromatic heterocycles. The van der Waals surface area contributed by atoms with Gasteiger partial charge in [-0.1, -0.05) is 31.9 Å². The quantitative estimate of drug-likeness (QED) is 0.685. The summed E-state index contributed by atoms with van der Waals surface area (Å²) in [4.78, 5) is 43.7. The first kappa shape index (κ1) is 22.6. The van der Waals surface area contributed by atoms with E-state index in [1.807, 2.05) is 15.9 Å². The Morgan fingerprint density at radius 3 is 2.56 bits per heavy atom. The number of halogens is 1. The summed E-state index contributed by atoms with van der Waals surface area (Å²) in [7, 11) is 0. The van der Waals surface area contributed by atoms with Crippen molar-refractivity contribution < 1.29 is 18.8 Å². The molecule has 1 aromatic rings. The van der Waals surface area contributed by atoms with Crippen molar-refractivity contribution in [1.82, 2.24) is 15.1 Å². The highest BCUT2D eigenvalue weighted by molar-refractivity contribution is 5.99. The van der Waals surface area contributed by atoms with Gasteiger partial charge in [0.05, 0.1) is 11.6 Å². The average molecular weight is 445 g/mol. The summed E-state index contributed by atoms with van der Waals surface area (Å²) in [5.41, 5.74) is 0.576. The Morgan fingerprint density at radius 2 is 1.84 bits per heavy atom. The van der Waals surface area contributed by atoms with Gasteiger partial charge in [-0.3, -0.25) is 14.5 Å². The van der Waals surface area contributed by atoms with Gasteiger partial charge >= 0.3 is 6.03 Å². The topological polar surface area (TPSA) is 73.0 Å². The Labute approximate surface area is 188 Å². The molecule has 1 N–H and O–H groups in total. The van der Waals surface area contributed by atoms with Gasteiger partial charge in [0.15, 0.2) is 0 Å². The molecule has 3 aliphatic rings. The number of hydrogen-bond acceptors (Lipinski definition) is 4. The summed E-state index contributed by atoms with van der Waals surface area (Å²) in [5, 5.41) is 2.99. The minimum absolute atomic E-state index is 0.0840. The van der Waals surface area contributed by atoms with Gasteiger partial charge in [-0.15, -0.1) is 0 Å². The van der Waals surface area contributed by atoms with Crippen molar-refractivity contribution in [3.63, 3.8) is 0 Å². The number of anilines is 1. The number of nitrogens with zero attached hydrogens (tertiary/aromatic N) is 3. The van der Waals surface area contributed by atoms with E-state index in [9.17, 15) is 18.8 Å². The second kappa shape index (κ2) is 9.88. The summed E-state index contributed by atoms with van der Waals surface area (Å²) in [6, 6.07) is 6.13. The zero-order valence-corrected chi connectivity index (χ0v) is 18.8. The summed E-state index contributed by atoms with van der Waals surface area (Å²) >= 11 is 0. The maximum Gasteiger partial charge on any atom is 0.324 e. The highest BCUT2D eigenvalue weighted by Crippen LogP contribution is 2.34. The number of unbranched alkanes of at least 4 members (excludes halogenated alkanes) is 2. The summed E-state index contributed by atoms with van der Waals surface area (Å²) in [5.74, 6) is -0.651. The highest BCUT2D eigenvalue weighted by Gasteiger charge is 2.45.